The van der Waals surface area contributed by atoms with Crippen molar-refractivity contribution < 1.29 is 13.9 Å². The van der Waals surface area contributed by atoms with E-state index < -0.39 is 11.8 Å². The Balaban J connectivity index is 2.62. The Morgan fingerprint density at radius 1 is 1.48 bits per heavy atom. The lowest BCUT2D eigenvalue weighted by molar-refractivity contribution is 0.0594. The summed E-state index contributed by atoms with van der Waals surface area (Å²) in [5.74, 6) is -1.58. The maximum absolute atomic E-state index is 14.2. The number of pyridine rings is 2. The fourth-order valence-electron chi connectivity index (χ4n) is 1.76. The van der Waals surface area contributed by atoms with Crippen LogP contribution in [0.15, 0.2) is 18.3 Å². The molecule has 2 aromatic rings. The van der Waals surface area contributed by atoms with Crippen molar-refractivity contribution in [2.75, 3.05) is 12.8 Å². The van der Waals surface area contributed by atoms with Gasteiger partial charge >= 0.3 is 5.97 Å². The number of hydrogen-bond acceptors (Lipinski definition) is 5. The van der Waals surface area contributed by atoms with E-state index in [4.69, 9.17) is 17.3 Å². The lowest BCUT2D eigenvalue weighted by Gasteiger charge is -2.10. The molecule has 0 aliphatic heterocycles. The zero-order valence-corrected chi connectivity index (χ0v) is 12.2. The molecule has 2 rings (SSSR count). The molecular weight excluding hydrogens is 297 g/mol. The van der Waals surface area contributed by atoms with Crippen molar-refractivity contribution in [2.45, 2.75) is 13.3 Å². The van der Waals surface area contributed by atoms with Crippen molar-refractivity contribution in [2.24, 2.45) is 0 Å². The zero-order valence-electron chi connectivity index (χ0n) is 11.5. The third-order valence-corrected chi connectivity index (χ3v) is 3.33. The number of aromatic nitrogens is 2. The number of halogens is 2. The average molecular weight is 310 g/mol. The first kappa shape index (κ1) is 15.2. The largest absolute Gasteiger partial charge is 0.464 e. The van der Waals surface area contributed by atoms with Crippen LogP contribution in [0.3, 0.4) is 0 Å². The second-order valence-electron chi connectivity index (χ2n) is 4.23. The summed E-state index contributed by atoms with van der Waals surface area (Å²) in [7, 11) is 1.18. The van der Waals surface area contributed by atoms with E-state index in [1.54, 1.807) is 12.1 Å². The van der Waals surface area contributed by atoms with Crippen molar-refractivity contribution in [1.82, 2.24) is 9.97 Å². The third kappa shape index (κ3) is 2.80. The molecule has 0 saturated carbocycles. The lowest BCUT2D eigenvalue weighted by Crippen LogP contribution is -2.10. The van der Waals surface area contributed by atoms with E-state index in [2.05, 4.69) is 14.7 Å². The molecule has 7 heteroatoms. The van der Waals surface area contributed by atoms with Crippen LogP contribution in [0, 0.1) is 5.82 Å². The number of ether oxygens (including phenoxy) is 1. The second kappa shape index (κ2) is 6.05. The summed E-state index contributed by atoms with van der Waals surface area (Å²) >= 11 is 5.84. The first-order valence-corrected chi connectivity index (χ1v) is 6.55. The summed E-state index contributed by atoms with van der Waals surface area (Å²) in [5, 5.41) is -0.263. The highest BCUT2D eigenvalue weighted by Crippen LogP contribution is 2.32. The number of rotatable bonds is 3. The molecule has 2 N–H and O–H groups in total. The van der Waals surface area contributed by atoms with Gasteiger partial charge in [-0.25, -0.2) is 14.2 Å². The van der Waals surface area contributed by atoms with Gasteiger partial charge in [-0.15, -0.1) is 0 Å². The molecule has 110 valence electrons. The smallest absolute Gasteiger partial charge is 0.358 e. The Hall–Kier alpha value is -2.21. The van der Waals surface area contributed by atoms with Gasteiger partial charge in [0.2, 0.25) is 0 Å². The van der Waals surface area contributed by atoms with Crippen LogP contribution in [-0.2, 0) is 11.2 Å². The number of carbonyl (C=O) groups is 1. The number of esters is 1. The Bertz CT molecular complexity index is 690. The molecule has 0 unspecified atom stereocenters. The Labute approximate surface area is 125 Å². The standard InChI is InChI=1S/C14H13ClFN3O2/c1-3-8-5-4-7(6-18-8)12-10(16)11(17)9(15)13(19-12)14(20)21-2/h4-6H,3H2,1-2H3,(H2,17,19). The van der Waals surface area contributed by atoms with Crippen molar-refractivity contribution in [1.29, 1.82) is 0 Å². The van der Waals surface area contributed by atoms with Gasteiger partial charge in [-0.05, 0) is 18.6 Å². The van der Waals surface area contributed by atoms with E-state index in [0.717, 1.165) is 12.1 Å². The average Bonchev–Trinajstić information content (AvgIpc) is 2.52. The van der Waals surface area contributed by atoms with Gasteiger partial charge in [-0.3, -0.25) is 4.98 Å². The predicted octanol–water partition coefficient (Wildman–Crippen LogP) is 2.87. The van der Waals surface area contributed by atoms with Crippen molar-refractivity contribution in [3.05, 3.63) is 40.6 Å². The summed E-state index contributed by atoms with van der Waals surface area (Å²) in [5.41, 5.74) is 6.19. The minimum atomic E-state index is -0.793. The summed E-state index contributed by atoms with van der Waals surface area (Å²) in [4.78, 5) is 19.7. The van der Waals surface area contributed by atoms with Crippen molar-refractivity contribution in [3.8, 4) is 11.3 Å². The van der Waals surface area contributed by atoms with Crippen LogP contribution in [0.25, 0.3) is 11.3 Å². The Morgan fingerprint density at radius 3 is 2.71 bits per heavy atom. The summed E-state index contributed by atoms with van der Waals surface area (Å²) in [6.07, 6.45) is 2.23. The highest BCUT2D eigenvalue weighted by molar-refractivity contribution is 6.35. The minimum Gasteiger partial charge on any atom is -0.464 e. The Morgan fingerprint density at radius 2 is 2.19 bits per heavy atom. The van der Waals surface area contributed by atoms with E-state index in [1.165, 1.54) is 13.3 Å². The van der Waals surface area contributed by atoms with Crippen molar-refractivity contribution in [3.63, 3.8) is 0 Å². The molecule has 5 nitrogen and oxygen atoms in total. The first-order valence-electron chi connectivity index (χ1n) is 6.17. The van der Waals surface area contributed by atoms with Gasteiger partial charge in [0.25, 0.3) is 0 Å². The number of anilines is 1. The van der Waals surface area contributed by atoms with Gasteiger partial charge < -0.3 is 10.5 Å². The molecular formula is C14H13ClFN3O2. The molecule has 0 bridgehead atoms. The predicted molar refractivity (Wildman–Crippen MR) is 77.6 cm³/mol. The quantitative estimate of drug-likeness (QED) is 0.882. The maximum atomic E-state index is 14.2. The second-order valence-corrected chi connectivity index (χ2v) is 4.61. The summed E-state index contributed by atoms with van der Waals surface area (Å²) in [6, 6.07) is 3.41. The molecule has 2 heterocycles. The number of methoxy groups -OCH3 is 1. The van der Waals surface area contributed by atoms with E-state index in [-0.39, 0.29) is 22.1 Å². The van der Waals surface area contributed by atoms with Gasteiger partial charge in [0, 0.05) is 17.5 Å². The SMILES string of the molecule is CCc1ccc(-c2nc(C(=O)OC)c(Cl)c(N)c2F)cn1. The van der Waals surface area contributed by atoms with E-state index in [9.17, 15) is 9.18 Å². The number of nitrogen functional groups attached to an aromatic ring is 1. The van der Waals surface area contributed by atoms with Crippen LogP contribution < -0.4 is 5.73 Å². The number of aryl methyl sites for hydroxylation is 1. The number of nitrogens with two attached hydrogens (primary N) is 1. The molecule has 0 aromatic carbocycles. The molecule has 0 aliphatic carbocycles. The monoisotopic (exact) mass is 309 g/mol. The van der Waals surface area contributed by atoms with Crippen LogP contribution in [0.1, 0.15) is 23.1 Å². The molecule has 0 radical (unpaired) electrons. The highest BCUT2D eigenvalue weighted by atomic mass is 35.5. The highest BCUT2D eigenvalue weighted by Gasteiger charge is 2.22. The summed E-state index contributed by atoms with van der Waals surface area (Å²) < 4.78 is 18.8. The molecule has 0 spiro atoms. The number of hydrogen-bond donors (Lipinski definition) is 1. The molecule has 21 heavy (non-hydrogen) atoms. The Kier molecular flexibility index (Phi) is 4.37. The molecule has 0 fully saturated rings. The van der Waals surface area contributed by atoms with Gasteiger partial charge in [-0.2, -0.15) is 0 Å². The van der Waals surface area contributed by atoms with Crippen LogP contribution in [0.5, 0.6) is 0 Å². The van der Waals surface area contributed by atoms with Crippen molar-refractivity contribution >= 4 is 23.3 Å². The molecule has 2 aromatic heterocycles. The van der Waals surface area contributed by atoms with Crippen LogP contribution in [0.2, 0.25) is 5.02 Å². The van der Waals surface area contributed by atoms with Crippen LogP contribution in [-0.4, -0.2) is 23.0 Å². The molecule has 0 aliphatic rings. The fourth-order valence-corrected chi connectivity index (χ4v) is 1.96. The van der Waals surface area contributed by atoms with Gasteiger partial charge in [0.1, 0.15) is 5.69 Å². The van der Waals surface area contributed by atoms with E-state index in [1.807, 2.05) is 6.92 Å². The van der Waals surface area contributed by atoms with Gasteiger partial charge in [-0.1, -0.05) is 18.5 Å². The molecule has 0 saturated heterocycles. The normalized spacial score (nSPS) is 10.5. The topological polar surface area (TPSA) is 78.1 Å². The zero-order chi connectivity index (χ0) is 15.6. The molecule has 0 atom stereocenters. The lowest BCUT2D eigenvalue weighted by atomic mass is 10.1. The maximum Gasteiger partial charge on any atom is 0.358 e. The first-order chi connectivity index (χ1) is 9.99. The van der Waals surface area contributed by atoms with Gasteiger partial charge in [0.15, 0.2) is 11.5 Å². The number of carbonyl (C=O) groups excluding carboxylic acids is 1. The van der Waals surface area contributed by atoms with Crippen LogP contribution in [0.4, 0.5) is 10.1 Å². The number of nitrogens with zero attached hydrogens (tertiary/aromatic N) is 2. The van der Waals surface area contributed by atoms with E-state index in [0.29, 0.717) is 5.56 Å². The van der Waals surface area contributed by atoms with Gasteiger partial charge in [0.05, 0.1) is 17.8 Å². The third-order valence-electron chi connectivity index (χ3n) is 2.95. The fraction of sp³-hybridized carbons (Fsp3) is 0.214. The summed E-state index contributed by atoms with van der Waals surface area (Å²) in [6.45, 7) is 1.95. The van der Waals surface area contributed by atoms with E-state index >= 15 is 0 Å². The molecule has 0 amide bonds. The minimum absolute atomic E-state index is 0.0903. The van der Waals surface area contributed by atoms with Crippen LogP contribution >= 0.6 is 11.6 Å².